The minimum atomic E-state index is -1.12. The molecule has 31 heavy (non-hydrogen) atoms. The fraction of sp³-hybridized carbons (Fsp3) is 0.577. The summed E-state index contributed by atoms with van der Waals surface area (Å²) in [7, 11) is 0. The van der Waals surface area contributed by atoms with E-state index in [-0.39, 0.29) is 11.3 Å². The first-order valence-electron chi connectivity index (χ1n) is 11.8. The molecule has 0 atom stereocenters. The Morgan fingerprint density at radius 1 is 0.839 bits per heavy atom. The van der Waals surface area contributed by atoms with Crippen LogP contribution in [0.25, 0.3) is 10.8 Å². The molecule has 2 aromatic carbocycles. The van der Waals surface area contributed by atoms with Gasteiger partial charge in [0.15, 0.2) is 0 Å². The highest BCUT2D eigenvalue weighted by Crippen LogP contribution is 2.24. The van der Waals surface area contributed by atoms with Gasteiger partial charge >= 0.3 is 5.97 Å². The molecule has 0 amide bonds. The van der Waals surface area contributed by atoms with Gasteiger partial charge in [-0.15, -0.1) is 0 Å². The Labute approximate surface area is 187 Å². The molecular weight excluding hydrogens is 390 g/mol. The monoisotopic (exact) mass is 431 g/mol. The Balaban J connectivity index is 0.000000314. The normalized spacial score (nSPS) is 10.6. The highest BCUT2D eigenvalue weighted by molar-refractivity contribution is 5.97. The summed E-state index contributed by atoms with van der Waals surface area (Å²) in [6.45, 7) is 4.79. The van der Waals surface area contributed by atoms with Gasteiger partial charge in [-0.05, 0) is 42.3 Å². The number of carbonyl (C=O) groups is 1. The lowest BCUT2D eigenvalue weighted by molar-refractivity contribution is 0.0694. The van der Waals surface area contributed by atoms with E-state index in [0.29, 0.717) is 0 Å². The molecule has 0 aromatic heterocycles. The largest absolute Gasteiger partial charge is 0.507 e. The number of hydrogen-bond donors (Lipinski definition) is 3. The third-order valence-corrected chi connectivity index (χ3v) is 5.23. The zero-order chi connectivity index (χ0) is 22.7. The van der Waals surface area contributed by atoms with Crippen molar-refractivity contribution >= 4 is 16.7 Å². The molecule has 0 aliphatic carbocycles. The molecule has 0 aliphatic rings. The summed E-state index contributed by atoms with van der Waals surface area (Å²) in [5.74, 6) is -1.32. The number of hydrogen-bond acceptors (Lipinski definition) is 4. The molecule has 0 heterocycles. The van der Waals surface area contributed by atoms with E-state index < -0.39 is 5.97 Å². The molecule has 0 fully saturated rings. The number of phenols is 1. The maximum absolute atomic E-state index is 10.7. The number of nitrogens with two attached hydrogens (primary N) is 1. The minimum absolute atomic E-state index is 0.0660. The molecule has 0 unspecified atom stereocenters. The zero-order valence-corrected chi connectivity index (χ0v) is 19.2. The number of ether oxygens (including phenoxy) is 1. The van der Waals surface area contributed by atoms with Crippen LogP contribution in [-0.2, 0) is 4.74 Å². The molecule has 0 aliphatic heterocycles. The lowest BCUT2D eigenvalue weighted by Gasteiger charge is -2.03. The first-order valence-corrected chi connectivity index (χ1v) is 11.8. The molecule has 0 saturated heterocycles. The standard InChI is InChI=1S/C15H33NO.C11H8O3/c1-2-3-4-5-6-7-8-9-10-11-14-17-15-12-13-16;12-10-6-8-4-2-1-3-7(8)5-9(10)11(13)14/h2-16H2,1H3;1-6,12H,(H,13,14). The van der Waals surface area contributed by atoms with E-state index >= 15 is 0 Å². The van der Waals surface area contributed by atoms with Crippen molar-refractivity contribution in [3.05, 3.63) is 42.0 Å². The molecule has 5 nitrogen and oxygen atoms in total. The SMILES string of the molecule is CCCCCCCCCCCCOCCCN.O=C(O)c1cc2ccccc2cc1O. The maximum Gasteiger partial charge on any atom is 0.339 e. The molecular formula is C26H41NO4. The van der Waals surface area contributed by atoms with Crippen molar-refractivity contribution in [2.75, 3.05) is 19.8 Å². The third kappa shape index (κ3) is 12.4. The Kier molecular flexibility index (Phi) is 15.3. The second-order valence-electron chi connectivity index (χ2n) is 7.96. The molecule has 2 rings (SSSR count). The Morgan fingerprint density at radius 2 is 1.35 bits per heavy atom. The maximum atomic E-state index is 10.7. The van der Waals surface area contributed by atoms with Gasteiger partial charge in [0.25, 0.3) is 0 Å². The van der Waals surface area contributed by atoms with E-state index in [0.717, 1.165) is 37.0 Å². The number of aromatic hydroxyl groups is 1. The number of rotatable bonds is 15. The lowest BCUT2D eigenvalue weighted by Crippen LogP contribution is -2.04. The van der Waals surface area contributed by atoms with Gasteiger partial charge in [-0.3, -0.25) is 0 Å². The molecule has 5 heteroatoms. The summed E-state index contributed by atoms with van der Waals surface area (Å²) in [5.41, 5.74) is 5.32. The number of unbranched alkanes of at least 4 members (excludes halogenated alkanes) is 9. The van der Waals surface area contributed by atoms with Crippen molar-refractivity contribution in [3.8, 4) is 5.75 Å². The number of carboxylic acid groups (broad SMARTS) is 1. The first-order chi connectivity index (χ1) is 15.1. The van der Waals surface area contributed by atoms with Crippen LogP contribution >= 0.6 is 0 Å². The zero-order valence-electron chi connectivity index (χ0n) is 19.2. The first kappa shape index (κ1) is 26.9. The fourth-order valence-electron chi connectivity index (χ4n) is 3.38. The van der Waals surface area contributed by atoms with Crippen molar-refractivity contribution in [1.82, 2.24) is 0 Å². The second kappa shape index (κ2) is 17.6. The predicted octanol–water partition coefficient (Wildman–Crippen LogP) is 6.52. The quantitative estimate of drug-likeness (QED) is 0.279. The van der Waals surface area contributed by atoms with Crippen molar-refractivity contribution < 1.29 is 19.7 Å². The average Bonchev–Trinajstić information content (AvgIpc) is 2.77. The summed E-state index contributed by atoms with van der Waals surface area (Å²) in [5, 5.41) is 19.8. The average molecular weight is 432 g/mol. The Hall–Kier alpha value is -2.11. The van der Waals surface area contributed by atoms with Gasteiger partial charge in [-0.2, -0.15) is 0 Å². The van der Waals surface area contributed by atoms with Gasteiger partial charge < -0.3 is 20.7 Å². The van der Waals surface area contributed by atoms with Crippen molar-refractivity contribution in [1.29, 1.82) is 0 Å². The topological polar surface area (TPSA) is 92.8 Å². The van der Waals surface area contributed by atoms with Gasteiger partial charge in [0.2, 0.25) is 0 Å². The highest BCUT2D eigenvalue weighted by atomic mass is 16.5. The summed E-state index contributed by atoms with van der Waals surface area (Å²) >= 11 is 0. The third-order valence-electron chi connectivity index (χ3n) is 5.23. The smallest absolute Gasteiger partial charge is 0.339 e. The Morgan fingerprint density at radius 3 is 1.90 bits per heavy atom. The van der Waals surface area contributed by atoms with E-state index in [1.807, 2.05) is 18.2 Å². The fourth-order valence-corrected chi connectivity index (χ4v) is 3.38. The Bertz CT molecular complexity index is 718. The van der Waals surface area contributed by atoms with Crippen LogP contribution in [0.1, 0.15) is 87.9 Å². The lowest BCUT2D eigenvalue weighted by atomic mass is 10.1. The minimum Gasteiger partial charge on any atom is -0.507 e. The van der Waals surface area contributed by atoms with Crippen LogP contribution in [0.3, 0.4) is 0 Å². The van der Waals surface area contributed by atoms with Gasteiger partial charge in [0.1, 0.15) is 11.3 Å². The van der Waals surface area contributed by atoms with Gasteiger partial charge in [-0.25, -0.2) is 4.79 Å². The van der Waals surface area contributed by atoms with Crippen LogP contribution in [0.15, 0.2) is 36.4 Å². The number of benzene rings is 2. The number of carboxylic acids is 1. The molecule has 0 spiro atoms. The summed E-state index contributed by atoms with van der Waals surface area (Å²) in [6, 6.07) is 10.2. The molecule has 0 radical (unpaired) electrons. The summed E-state index contributed by atoms with van der Waals surface area (Å²) < 4.78 is 5.47. The molecule has 174 valence electrons. The van der Waals surface area contributed by atoms with Crippen LogP contribution in [-0.4, -0.2) is 35.9 Å². The molecule has 4 N–H and O–H groups in total. The van der Waals surface area contributed by atoms with E-state index in [1.165, 1.54) is 76.3 Å². The van der Waals surface area contributed by atoms with E-state index in [4.69, 9.17) is 15.6 Å². The van der Waals surface area contributed by atoms with E-state index in [2.05, 4.69) is 6.92 Å². The number of aromatic carboxylic acids is 1. The summed E-state index contributed by atoms with van der Waals surface area (Å²) in [6.07, 6.45) is 14.9. The number of fused-ring (bicyclic) bond motifs is 1. The van der Waals surface area contributed by atoms with Crippen molar-refractivity contribution in [2.45, 2.75) is 77.6 Å². The summed E-state index contributed by atoms with van der Waals surface area (Å²) in [4.78, 5) is 10.7. The van der Waals surface area contributed by atoms with Crippen LogP contribution in [0.2, 0.25) is 0 Å². The molecule has 0 bridgehead atoms. The van der Waals surface area contributed by atoms with Crippen molar-refractivity contribution in [2.24, 2.45) is 5.73 Å². The van der Waals surface area contributed by atoms with Crippen molar-refractivity contribution in [3.63, 3.8) is 0 Å². The van der Waals surface area contributed by atoms with Gasteiger partial charge in [0.05, 0.1) is 0 Å². The second-order valence-corrected chi connectivity index (χ2v) is 7.96. The van der Waals surface area contributed by atoms with Gasteiger partial charge in [-0.1, -0.05) is 89.0 Å². The molecule has 2 aromatic rings. The van der Waals surface area contributed by atoms with Gasteiger partial charge in [0, 0.05) is 13.2 Å². The molecule has 0 saturated carbocycles. The van der Waals surface area contributed by atoms with Crippen LogP contribution in [0.4, 0.5) is 0 Å². The van der Waals surface area contributed by atoms with Crippen LogP contribution in [0.5, 0.6) is 5.75 Å². The van der Waals surface area contributed by atoms with Crippen LogP contribution < -0.4 is 5.73 Å². The van der Waals surface area contributed by atoms with Crippen LogP contribution in [0, 0.1) is 0 Å². The van der Waals surface area contributed by atoms with E-state index in [1.54, 1.807) is 6.07 Å². The van der Waals surface area contributed by atoms with E-state index in [9.17, 15) is 9.90 Å². The highest BCUT2D eigenvalue weighted by Gasteiger charge is 2.09. The predicted molar refractivity (Wildman–Crippen MR) is 129 cm³/mol.